The summed E-state index contributed by atoms with van der Waals surface area (Å²) in [5, 5.41) is 3.19. The molecule has 1 amide bonds. The number of methoxy groups -OCH3 is 2. The average Bonchev–Trinajstić information content (AvgIpc) is 3.44. The lowest BCUT2D eigenvalue weighted by Crippen LogP contribution is -2.40. The first-order valence-electron chi connectivity index (χ1n) is 12.2. The van der Waals surface area contributed by atoms with Gasteiger partial charge >= 0.3 is 0 Å². The predicted molar refractivity (Wildman–Crippen MR) is 149 cm³/mol. The van der Waals surface area contributed by atoms with Crippen LogP contribution in [0.15, 0.2) is 66.7 Å². The number of carbonyl (C=O) groups excluding carboxylic acids is 1. The summed E-state index contributed by atoms with van der Waals surface area (Å²) in [6.07, 6.45) is 1.45. The van der Waals surface area contributed by atoms with E-state index in [9.17, 15) is 13.6 Å². The normalized spacial score (nSPS) is 15.7. The molecule has 0 bridgehead atoms. The fourth-order valence-corrected chi connectivity index (χ4v) is 5.24. The number of nitrogens with zero attached hydrogens (tertiary/aromatic N) is 4. The van der Waals surface area contributed by atoms with Gasteiger partial charge in [-0.1, -0.05) is 18.2 Å². The summed E-state index contributed by atoms with van der Waals surface area (Å²) in [5.74, 6) is 0.934. The van der Waals surface area contributed by atoms with Crippen molar-refractivity contribution < 1.29 is 23.0 Å². The Morgan fingerprint density at radius 2 is 1.74 bits per heavy atom. The number of hydrogen-bond acceptors (Lipinski definition) is 9. The van der Waals surface area contributed by atoms with Crippen molar-refractivity contribution >= 4 is 56.9 Å². The molecule has 3 aromatic carbocycles. The Morgan fingerprint density at radius 1 is 1.05 bits per heavy atom. The summed E-state index contributed by atoms with van der Waals surface area (Å²) in [5.41, 5.74) is 8.28. The van der Waals surface area contributed by atoms with Crippen LogP contribution < -0.4 is 29.7 Å². The van der Waals surface area contributed by atoms with Crippen LogP contribution in [-0.2, 0) is 16.1 Å². The Labute approximate surface area is 228 Å². The number of fused-ring (bicyclic) bond motifs is 1. The van der Waals surface area contributed by atoms with E-state index in [0.29, 0.717) is 52.6 Å². The van der Waals surface area contributed by atoms with Gasteiger partial charge in [-0.25, -0.2) is 9.97 Å². The Kier molecular flexibility index (Phi) is 7.48. The molecule has 202 valence electrons. The maximum Gasteiger partial charge on any atom is 0.240 e. The number of nitrogens with one attached hydrogen (secondary N) is 1. The van der Waals surface area contributed by atoms with E-state index in [2.05, 4.69) is 10.3 Å². The Morgan fingerprint density at radius 3 is 2.38 bits per heavy atom. The molecule has 0 radical (unpaired) electrons. The third kappa shape index (κ3) is 5.42. The molecular formula is C27H27N6O5S-. The Bertz CT molecular complexity index is 1530. The minimum Gasteiger partial charge on any atom is -0.755 e. The average molecular weight is 548 g/mol. The van der Waals surface area contributed by atoms with Gasteiger partial charge in [-0.2, -0.15) is 0 Å². The molecule has 5 rings (SSSR count). The van der Waals surface area contributed by atoms with Gasteiger partial charge in [0.25, 0.3) is 0 Å². The van der Waals surface area contributed by atoms with E-state index >= 15 is 0 Å². The van der Waals surface area contributed by atoms with Crippen molar-refractivity contribution in [1.82, 2.24) is 9.97 Å². The number of amides is 1. The number of aromatic nitrogens is 2. The first-order chi connectivity index (χ1) is 18.9. The lowest BCUT2D eigenvalue weighted by Gasteiger charge is -2.29. The van der Waals surface area contributed by atoms with Crippen LogP contribution >= 0.6 is 0 Å². The molecule has 1 fully saturated rings. The third-order valence-electron chi connectivity index (χ3n) is 6.48. The van der Waals surface area contributed by atoms with E-state index in [4.69, 9.17) is 20.2 Å². The molecule has 1 aromatic heterocycles. The molecule has 12 heteroatoms. The summed E-state index contributed by atoms with van der Waals surface area (Å²) in [6, 6.07) is 18.8. The van der Waals surface area contributed by atoms with Crippen LogP contribution in [0.5, 0.6) is 11.5 Å². The minimum absolute atomic E-state index is 0.0637. The quantitative estimate of drug-likeness (QED) is 0.299. The lowest BCUT2D eigenvalue weighted by atomic mass is 10.2. The Balaban J connectivity index is 1.63. The molecule has 1 aliphatic heterocycles. The summed E-state index contributed by atoms with van der Waals surface area (Å²) < 4.78 is 37.3. The van der Waals surface area contributed by atoms with Gasteiger partial charge in [0.05, 0.1) is 42.2 Å². The molecule has 39 heavy (non-hydrogen) atoms. The number of anilines is 5. The largest absolute Gasteiger partial charge is 0.755 e. The Hall–Kier alpha value is -4.42. The third-order valence-corrected chi connectivity index (χ3v) is 7.17. The lowest BCUT2D eigenvalue weighted by molar-refractivity contribution is -0.119. The number of carbonyl (C=O) groups is 1. The number of ether oxygens (including phenoxy) is 2. The monoisotopic (exact) mass is 547 g/mol. The second kappa shape index (κ2) is 11.1. The van der Waals surface area contributed by atoms with Crippen LogP contribution in [0.25, 0.3) is 11.0 Å². The predicted octanol–water partition coefficient (Wildman–Crippen LogP) is 3.78. The van der Waals surface area contributed by atoms with Crippen LogP contribution in [-0.4, -0.2) is 51.4 Å². The van der Waals surface area contributed by atoms with Crippen molar-refractivity contribution in [3.05, 3.63) is 66.7 Å². The van der Waals surface area contributed by atoms with E-state index in [1.165, 1.54) is 14.2 Å². The molecule has 0 aliphatic carbocycles. The zero-order valence-corrected chi connectivity index (χ0v) is 22.2. The second-order valence-electron chi connectivity index (χ2n) is 8.90. The topological polar surface area (TPSA) is 146 Å². The van der Waals surface area contributed by atoms with Crippen molar-refractivity contribution in [2.45, 2.75) is 18.9 Å². The van der Waals surface area contributed by atoms with E-state index < -0.39 is 23.2 Å². The molecule has 2 heterocycles. The molecule has 2 atom stereocenters. The molecule has 1 aliphatic rings. The van der Waals surface area contributed by atoms with E-state index in [1.54, 1.807) is 54.6 Å². The number of para-hydroxylation sites is 2. The van der Waals surface area contributed by atoms with Crippen molar-refractivity contribution in [2.75, 3.05) is 35.3 Å². The van der Waals surface area contributed by atoms with Crippen LogP contribution in [0.4, 0.5) is 28.7 Å². The van der Waals surface area contributed by atoms with Gasteiger partial charge in [0.15, 0.2) is 11.6 Å². The molecule has 3 N–H and O–H groups in total. The molecule has 0 spiro atoms. The van der Waals surface area contributed by atoms with Gasteiger partial charge in [-0.15, -0.1) is 0 Å². The number of rotatable bonds is 9. The first-order valence-corrected chi connectivity index (χ1v) is 13.2. The van der Waals surface area contributed by atoms with Crippen LogP contribution in [0, 0.1) is 0 Å². The standard InChI is InChI=1S/C27H28N6O5S/c1-37-20-13-17(14-21(16-20)38-2)29-26-27(31-23-10-4-3-9-22(23)30-26)33(39(35)36)19-8-5-7-18(15-19)32-12-6-11-24(32)25(28)34/h3-5,7-10,13-16,24H,6,11-12H2,1-2H3,(H2,28,34)(H,29,30)(H,35,36)/p-1/t24-/m1/s1. The molecule has 1 saturated heterocycles. The summed E-state index contributed by atoms with van der Waals surface area (Å²) >= 11 is -2.77. The number of primary amides is 1. The minimum atomic E-state index is -2.77. The van der Waals surface area contributed by atoms with Crippen LogP contribution in [0.2, 0.25) is 0 Å². The number of hydrogen-bond donors (Lipinski definition) is 2. The van der Waals surface area contributed by atoms with Gasteiger partial charge < -0.3 is 30.0 Å². The summed E-state index contributed by atoms with van der Waals surface area (Å²) in [4.78, 5) is 23.3. The van der Waals surface area contributed by atoms with E-state index in [-0.39, 0.29) is 11.6 Å². The highest BCUT2D eigenvalue weighted by molar-refractivity contribution is 7.81. The number of benzene rings is 3. The van der Waals surface area contributed by atoms with Crippen LogP contribution in [0.3, 0.4) is 0 Å². The zero-order valence-electron chi connectivity index (χ0n) is 21.4. The fourth-order valence-electron chi connectivity index (χ4n) is 4.68. The molecule has 1 unspecified atom stereocenters. The molecule has 11 nitrogen and oxygen atoms in total. The van der Waals surface area contributed by atoms with Gasteiger partial charge in [-0.05, 0) is 43.2 Å². The molecule has 4 aromatic rings. The maximum atomic E-state index is 12.7. The van der Waals surface area contributed by atoms with Gasteiger partial charge in [0, 0.05) is 36.1 Å². The highest BCUT2D eigenvalue weighted by atomic mass is 32.2. The van der Waals surface area contributed by atoms with Crippen LogP contribution in [0.1, 0.15) is 12.8 Å². The molecule has 0 saturated carbocycles. The first kappa shape index (κ1) is 26.2. The van der Waals surface area contributed by atoms with Crippen molar-refractivity contribution in [3.8, 4) is 11.5 Å². The van der Waals surface area contributed by atoms with Gasteiger partial charge in [-0.3, -0.25) is 13.3 Å². The van der Waals surface area contributed by atoms with E-state index in [1.807, 2.05) is 17.0 Å². The zero-order chi connectivity index (χ0) is 27.5. The highest BCUT2D eigenvalue weighted by Crippen LogP contribution is 2.37. The summed E-state index contributed by atoms with van der Waals surface area (Å²) in [6.45, 7) is 0.637. The summed E-state index contributed by atoms with van der Waals surface area (Å²) in [7, 11) is 3.08. The number of nitrogens with two attached hydrogens (primary N) is 1. The van der Waals surface area contributed by atoms with Crippen molar-refractivity contribution in [3.63, 3.8) is 0 Å². The second-order valence-corrected chi connectivity index (χ2v) is 9.70. The highest BCUT2D eigenvalue weighted by Gasteiger charge is 2.30. The van der Waals surface area contributed by atoms with Crippen molar-refractivity contribution in [2.24, 2.45) is 5.73 Å². The maximum absolute atomic E-state index is 12.7. The van der Waals surface area contributed by atoms with E-state index in [0.717, 1.165) is 10.7 Å². The van der Waals surface area contributed by atoms with Crippen molar-refractivity contribution in [1.29, 1.82) is 0 Å². The SMILES string of the molecule is COc1cc(Nc2nc3ccccc3nc2N(c2cccc(N3CCC[C@@H]3C(N)=O)c2)S(=O)[O-])cc(OC)c1. The smallest absolute Gasteiger partial charge is 0.240 e. The molecular weight excluding hydrogens is 520 g/mol. The fraction of sp³-hybridized carbons (Fsp3) is 0.222. The van der Waals surface area contributed by atoms with Gasteiger partial charge in [0.1, 0.15) is 17.5 Å². The van der Waals surface area contributed by atoms with Gasteiger partial charge in [0.2, 0.25) is 5.91 Å².